The maximum atomic E-state index is 12.8. The molecule has 0 atom stereocenters. The van der Waals surface area contributed by atoms with Crippen LogP contribution in [0.15, 0.2) is 83.5 Å². The molecule has 0 aliphatic carbocycles. The largest absolute Gasteiger partial charge is 0.423 e. The summed E-state index contributed by atoms with van der Waals surface area (Å²) in [6.07, 6.45) is 0. The predicted molar refractivity (Wildman–Crippen MR) is 123 cm³/mol. The SMILES string of the molecule is Cc1ccc(OC(=O)c2ccc(NC3=C(Cl)C(=O)N(c4ccc(C)cc4)C3=O)cc2)cc1. The average Bonchev–Trinajstić information content (AvgIpc) is 3.00. The van der Waals surface area contributed by atoms with Crippen LogP contribution in [0.3, 0.4) is 0 Å². The first kappa shape index (κ1) is 21.3. The summed E-state index contributed by atoms with van der Waals surface area (Å²) >= 11 is 6.16. The van der Waals surface area contributed by atoms with Gasteiger partial charge in [-0.2, -0.15) is 0 Å². The second-order valence-corrected chi connectivity index (χ2v) is 7.75. The van der Waals surface area contributed by atoms with Gasteiger partial charge >= 0.3 is 5.97 Å². The molecule has 1 aliphatic heterocycles. The Morgan fingerprint density at radius 1 is 0.812 bits per heavy atom. The van der Waals surface area contributed by atoms with Crippen LogP contribution in [0, 0.1) is 13.8 Å². The lowest BCUT2D eigenvalue weighted by Crippen LogP contribution is -2.32. The van der Waals surface area contributed by atoms with Crippen molar-refractivity contribution >= 4 is 40.8 Å². The molecular weight excluding hydrogens is 428 g/mol. The van der Waals surface area contributed by atoms with Gasteiger partial charge in [-0.05, 0) is 62.4 Å². The number of amides is 2. The fraction of sp³-hybridized carbons (Fsp3) is 0.0800. The van der Waals surface area contributed by atoms with Crippen LogP contribution in [0.1, 0.15) is 21.5 Å². The molecule has 1 heterocycles. The van der Waals surface area contributed by atoms with E-state index in [2.05, 4.69) is 5.32 Å². The van der Waals surface area contributed by atoms with Crippen LogP contribution in [0.2, 0.25) is 0 Å². The third-order valence-corrected chi connectivity index (χ3v) is 5.29. The number of hydrogen-bond donors (Lipinski definition) is 1. The van der Waals surface area contributed by atoms with E-state index in [1.54, 1.807) is 48.5 Å². The van der Waals surface area contributed by atoms with Crippen LogP contribution < -0.4 is 15.0 Å². The normalized spacial score (nSPS) is 13.5. The Bertz CT molecular complexity index is 1230. The number of halogens is 1. The molecule has 0 saturated carbocycles. The first-order chi connectivity index (χ1) is 15.3. The Hall–Kier alpha value is -3.90. The predicted octanol–water partition coefficient (Wildman–Crippen LogP) is 4.96. The number of hydrogen-bond acceptors (Lipinski definition) is 5. The Morgan fingerprint density at radius 3 is 1.97 bits per heavy atom. The molecule has 0 saturated heterocycles. The average molecular weight is 447 g/mol. The lowest BCUT2D eigenvalue weighted by Gasteiger charge is -2.15. The van der Waals surface area contributed by atoms with Gasteiger partial charge in [0.1, 0.15) is 16.5 Å². The highest BCUT2D eigenvalue weighted by molar-refractivity contribution is 6.53. The van der Waals surface area contributed by atoms with Gasteiger partial charge in [0.25, 0.3) is 11.8 Å². The number of aryl methyl sites for hydroxylation is 2. The molecule has 1 aliphatic rings. The van der Waals surface area contributed by atoms with Crippen LogP contribution in [-0.2, 0) is 9.59 Å². The van der Waals surface area contributed by atoms with Crippen molar-refractivity contribution in [3.63, 3.8) is 0 Å². The highest BCUT2D eigenvalue weighted by Gasteiger charge is 2.38. The first-order valence-electron chi connectivity index (χ1n) is 9.84. The highest BCUT2D eigenvalue weighted by atomic mass is 35.5. The van der Waals surface area contributed by atoms with Gasteiger partial charge < -0.3 is 10.1 Å². The molecule has 2 amide bonds. The number of imide groups is 1. The molecule has 0 spiro atoms. The minimum Gasteiger partial charge on any atom is -0.423 e. The lowest BCUT2D eigenvalue weighted by atomic mass is 10.2. The zero-order chi connectivity index (χ0) is 22.8. The molecule has 1 N–H and O–H groups in total. The van der Waals surface area contributed by atoms with Crippen LogP contribution in [0.25, 0.3) is 0 Å². The third kappa shape index (κ3) is 4.26. The number of rotatable bonds is 5. The molecule has 0 aromatic heterocycles. The number of anilines is 2. The summed E-state index contributed by atoms with van der Waals surface area (Å²) in [7, 11) is 0. The van der Waals surface area contributed by atoms with Crippen molar-refractivity contribution in [3.8, 4) is 5.75 Å². The van der Waals surface area contributed by atoms with Gasteiger partial charge in [-0.25, -0.2) is 9.69 Å². The van der Waals surface area contributed by atoms with Crippen LogP contribution >= 0.6 is 11.6 Å². The topological polar surface area (TPSA) is 75.7 Å². The Labute approximate surface area is 190 Å². The fourth-order valence-corrected chi connectivity index (χ4v) is 3.36. The van der Waals surface area contributed by atoms with Crippen molar-refractivity contribution in [2.24, 2.45) is 0 Å². The van der Waals surface area contributed by atoms with E-state index < -0.39 is 17.8 Å². The maximum Gasteiger partial charge on any atom is 0.343 e. The molecular formula is C25H19ClN2O4. The van der Waals surface area contributed by atoms with Crippen LogP contribution in [-0.4, -0.2) is 17.8 Å². The van der Waals surface area contributed by atoms with Crippen LogP contribution in [0.4, 0.5) is 11.4 Å². The van der Waals surface area contributed by atoms with Gasteiger partial charge in [0, 0.05) is 5.69 Å². The van der Waals surface area contributed by atoms with Gasteiger partial charge in [-0.3, -0.25) is 9.59 Å². The maximum absolute atomic E-state index is 12.8. The second-order valence-electron chi connectivity index (χ2n) is 7.38. The summed E-state index contributed by atoms with van der Waals surface area (Å²) in [5.41, 5.74) is 3.32. The molecule has 0 fully saturated rings. The van der Waals surface area contributed by atoms with E-state index in [9.17, 15) is 14.4 Å². The summed E-state index contributed by atoms with van der Waals surface area (Å²) in [5, 5.41) is 2.69. The van der Waals surface area contributed by atoms with Crippen molar-refractivity contribution < 1.29 is 19.1 Å². The summed E-state index contributed by atoms with van der Waals surface area (Å²) in [6.45, 7) is 3.86. The fourth-order valence-electron chi connectivity index (χ4n) is 3.15. The first-order valence-corrected chi connectivity index (χ1v) is 10.2. The second kappa shape index (κ2) is 8.69. The Kier molecular flexibility index (Phi) is 5.79. The summed E-state index contributed by atoms with van der Waals surface area (Å²) in [5.74, 6) is -1.20. The van der Waals surface area contributed by atoms with Gasteiger partial charge in [0.15, 0.2) is 0 Å². The summed E-state index contributed by atoms with van der Waals surface area (Å²) in [6, 6.07) is 20.5. The molecule has 7 heteroatoms. The molecule has 3 aromatic rings. The van der Waals surface area contributed by atoms with Gasteiger partial charge in [-0.1, -0.05) is 47.0 Å². The number of carbonyl (C=O) groups is 3. The van der Waals surface area contributed by atoms with Crippen LogP contribution in [0.5, 0.6) is 5.75 Å². The monoisotopic (exact) mass is 446 g/mol. The number of carbonyl (C=O) groups excluding carboxylic acids is 3. The number of nitrogens with zero attached hydrogens (tertiary/aromatic N) is 1. The Balaban J connectivity index is 1.47. The minimum absolute atomic E-state index is 0.0211. The van der Waals surface area contributed by atoms with E-state index in [0.29, 0.717) is 22.7 Å². The standard InChI is InChI=1S/C25H19ClN2O4/c1-15-3-11-19(12-4-15)28-23(29)21(26)22(24(28)30)27-18-9-7-17(8-10-18)25(31)32-20-13-5-16(2)6-14-20/h3-14,27H,1-2H3. The quantitative estimate of drug-likeness (QED) is 0.340. The lowest BCUT2D eigenvalue weighted by molar-refractivity contribution is -0.120. The number of benzene rings is 3. The summed E-state index contributed by atoms with van der Waals surface area (Å²) < 4.78 is 5.35. The van der Waals surface area contributed by atoms with E-state index in [1.165, 1.54) is 0 Å². The zero-order valence-electron chi connectivity index (χ0n) is 17.4. The number of nitrogens with one attached hydrogen (secondary N) is 1. The smallest absolute Gasteiger partial charge is 0.343 e. The molecule has 3 aromatic carbocycles. The third-order valence-electron chi connectivity index (χ3n) is 4.94. The zero-order valence-corrected chi connectivity index (χ0v) is 18.1. The van der Waals surface area contributed by atoms with Gasteiger partial charge in [0.2, 0.25) is 0 Å². The molecule has 0 radical (unpaired) electrons. The molecule has 4 rings (SSSR count). The minimum atomic E-state index is -0.596. The van der Waals surface area contributed by atoms with Crippen molar-refractivity contribution in [2.75, 3.05) is 10.2 Å². The molecule has 0 unspecified atom stereocenters. The van der Waals surface area contributed by atoms with E-state index in [-0.39, 0.29) is 10.7 Å². The van der Waals surface area contributed by atoms with E-state index in [4.69, 9.17) is 16.3 Å². The molecule has 6 nitrogen and oxygen atoms in total. The van der Waals surface area contributed by atoms with Crippen molar-refractivity contribution in [1.29, 1.82) is 0 Å². The van der Waals surface area contributed by atoms with E-state index in [1.807, 2.05) is 38.1 Å². The number of esters is 1. The highest BCUT2D eigenvalue weighted by Crippen LogP contribution is 2.30. The van der Waals surface area contributed by atoms with Gasteiger partial charge in [-0.15, -0.1) is 0 Å². The van der Waals surface area contributed by atoms with Crippen molar-refractivity contribution in [3.05, 3.63) is 100 Å². The molecule has 0 bridgehead atoms. The van der Waals surface area contributed by atoms with E-state index >= 15 is 0 Å². The summed E-state index contributed by atoms with van der Waals surface area (Å²) in [4.78, 5) is 38.8. The van der Waals surface area contributed by atoms with Crippen molar-refractivity contribution in [1.82, 2.24) is 0 Å². The Morgan fingerprint density at radius 2 is 1.38 bits per heavy atom. The van der Waals surface area contributed by atoms with Gasteiger partial charge in [0.05, 0.1) is 11.3 Å². The molecule has 160 valence electrons. The van der Waals surface area contributed by atoms with E-state index in [0.717, 1.165) is 16.0 Å². The van der Waals surface area contributed by atoms with Crippen molar-refractivity contribution in [2.45, 2.75) is 13.8 Å². The number of ether oxygens (including phenoxy) is 1. The molecule has 32 heavy (non-hydrogen) atoms.